The quantitative estimate of drug-likeness (QED) is 0.0901. The van der Waals surface area contributed by atoms with Gasteiger partial charge in [0.15, 0.2) is 46.5 Å². The fourth-order valence-corrected chi connectivity index (χ4v) is 7.49. The van der Waals surface area contributed by atoms with E-state index in [1.165, 1.54) is 26.8 Å². The number of rotatable bonds is 10. The van der Waals surface area contributed by atoms with Crippen molar-refractivity contribution in [3.63, 3.8) is 0 Å². The van der Waals surface area contributed by atoms with Crippen molar-refractivity contribution < 1.29 is 70.9 Å². The number of hydrogen-bond acceptors (Lipinski definition) is 2. The second-order valence-electron chi connectivity index (χ2n) is 15.1. The van der Waals surface area contributed by atoms with E-state index in [4.69, 9.17) is 9.47 Å². The minimum absolute atomic E-state index is 0.000201. The summed E-state index contributed by atoms with van der Waals surface area (Å²) in [4.78, 5) is 0. The van der Waals surface area contributed by atoms with Gasteiger partial charge in [0, 0.05) is 11.6 Å². The van der Waals surface area contributed by atoms with Crippen LogP contribution in [0, 0.1) is 52.5 Å². The van der Waals surface area contributed by atoms with E-state index in [1.54, 1.807) is 20.8 Å². The van der Waals surface area contributed by atoms with Crippen LogP contribution in [0.4, 0.5) is 61.5 Å². The minimum atomic E-state index is -5.97. The third kappa shape index (κ3) is 7.21. The number of alkyl halides is 6. The Labute approximate surface area is 318 Å². The fraction of sp³-hybridized carbons (Fsp3) is 0.366. The molecule has 0 N–H and O–H groups in total. The Balaban J connectivity index is 1.65. The van der Waals surface area contributed by atoms with Crippen molar-refractivity contribution in [1.82, 2.24) is 0 Å². The third-order valence-corrected chi connectivity index (χ3v) is 9.91. The molecule has 0 bridgehead atoms. The van der Waals surface area contributed by atoms with Gasteiger partial charge in [-0.05, 0) is 95.7 Å². The van der Waals surface area contributed by atoms with Gasteiger partial charge in [0.05, 0.1) is 16.5 Å². The van der Waals surface area contributed by atoms with E-state index >= 15 is 17.6 Å². The topological polar surface area (TPSA) is 18.5 Å². The Bertz CT molecular complexity index is 2110. The van der Waals surface area contributed by atoms with Crippen LogP contribution in [-0.2, 0) is 10.8 Å². The molecule has 0 spiro atoms. The van der Waals surface area contributed by atoms with Crippen molar-refractivity contribution >= 4 is 0 Å². The molecule has 16 heteroatoms. The summed E-state index contributed by atoms with van der Waals surface area (Å²) in [5, 5.41) is 0. The van der Waals surface area contributed by atoms with Gasteiger partial charge in [0.2, 0.25) is 5.41 Å². The molecule has 1 atom stereocenters. The molecule has 0 aromatic heterocycles. The van der Waals surface area contributed by atoms with Crippen LogP contribution in [0.1, 0.15) is 71.1 Å². The van der Waals surface area contributed by atoms with Crippen LogP contribution in [0.25, 0.3) is 11.1 Å². The molecule has 1 aliphatic carbocycles. The summed E-state index contributed by atoms with van der Waals surface area (Å²) in [5.41, 5.74) is -17.7. The number of halogens is 14. The number of benzene rings is 4. The maximum atomic E-state index is 16.3. The molecule has 1 unspecified atom stereocenters. The van der Waals surface area contributed by atoms with E-state index < -0.39 is 120 Å². The van der Waals surface area contributed by atoms with Crippen molar-refractivity contribution in [2.45, 2.75) is 88.8 Å². The summed E-state index contributed by atoms with van der Waals surface area (Å²) in [6.07, 6.45) is -9.28. The van der Waals surface area contributed by atoms with Gasteiger partial charge in [-0.2, -0.15) is 26.3 Å². The Kier molecular flexibility index (Phi) is 11.1. The van der Waals surface area contributed by atoms with Crippen LogP contribution in [0.15, 0.2) is 66.7 Å². The maximum absolute atomic E-state index is 16.3. The molecule has 4 aromatic carbocycles. The normalized spacial score (nSPS) is 15.6. The molecule has 57 heavy (non-hydrogen) atoms. The smallest absolute Gasteiger partial charge is 0.411 e. The zero-order chi connectivity index (χ0) is 42.8. The van der Waals surface area contributed by atoms with Crippen LogP contribution >= 0.6 is 0 Å². The van der Waals surface area contributed by atoms with E-state index in [-0.39, 0.29) is 24.7 Å². The van der Waals surface area contributed by atoms with Crippen molar-refractivity contribution in [3.05, 3.63) is 130 Å². The van der Waals surface area contributed by atoms with Crippen LogP contribution in [0.3, 0.4) is 0 Å². The minimum Gasteiger partial charge on any atom is -0.488 e. The van der Waals surface area contributed by atoms with Gasteiger partial charge in [0.25, 0.3) is 0 Å². The first-order chi connectivity index (χ1) is 26.2. The van der Waals surface area contributed by atoms with E-state index in [9.17, 15) is 43.9 Å². The molecule has 0 aliphatic heterocycles. The molecule has 1 saturated carbocycles. The molecule has 0 radical (unpaired) electrons. The average molecular weight is 825 g/mol. The van der Waals surface area contributed by atoms with Crippen LogP contribution in [-0.4, -0.2) is 23.6 Å². The zero-order valence-electron chi connectivity index (χ0n) is 31.0. The lowest BCUT2D eigenvalue weighted by molar-refractivity contribution is -0.288. The second-order valence-corrected chi connectivity index (χ2v) is 15.1. The highest BCUT2D eigenvalue weighted by atomic mass is 19.4. The van der Waals surface area contributed by atoms with Gasteiger partial charge in [-0.1, -0.05) is 36.4 Å². The van der Waals surface area contributed by atoms with Crippen molar-refractivity contribution in [2.75, 3.05) is 0 Å². The molecule has 5 rings (SSSR count). The Hall–Kier alpha value is -4.76. The summed E-state index contributed by atoms with van der Waals surface area (Å²) in [6.45, 7) is 8.58. The first kappa shape index (κ1) is 43.4. The third-order valence-electron chi connectivity index (χ3n) is 9.91. The van der Waals surface area contributed by atoms with E-state index in [1.807, 2.05) is 0 Å². The molecule has 0 amide bonds. The predicted molar refractivity (Wildman–Crippen MR) is 182 cm³/mol. The first-order valence-corrected chi connectivity index (χ1v) is 17.2. The number of hydrogen-bond donors (Lipinski definition) is 0. The lowest BCUT2D eigenvalue weighted by atomic mass is 9.64. The summed E-state index contributed by atoms with van der Waals surface area (Å²) in [7, 11) is 0. The molecular formula is C41H34F14O2. The molecule has 2 nitrogen and oxygen atoms in total. The van der Waals surface area contributed by atoms with E-state index in [0.717, 1.165) is 30.3 Å². The van der Waals surface area contributed by atoms with Crippen molar-refractivity contribution in [2.24, 2.45) is 5.92 Å². The molecule has 4 aromatic rings. The lowest BCUT2D eigenvalue weighted by Gasteiger charge is -2.46. The highest BCUT2D eigenvalue weighted by molar-refractivity contribution is 5.68. The monoisotopic (exact) mass is 824 g/mol. The SMILES string of the molecule is C/C=C\C(c1c(F)c(F)c(-c2c(F)c(F)cc(F)c2F)c(F)c1F)(C1CC1)C(C)(C)Oc1ccc(C(c2ccc(OC(C)(C)C)cc2)(C(F)(F)F)C(F)(F)F)cc1. The Morgan fingerprint density at radius 3 is 1.28 bits per heavy atom. The Morgan fingerprint density at radius 1 is 0.544 bits per heavy atom. The first-order valence-electron chi connectivity index (χ1n) is 17.2. The lowest BCUT2D eigenvalue weighted by Crippen LogP contribution is -2.54. The highest BCUT2D eigenvalue weighted by Crippen LogP contribution is 2.59. The number of allylic oxidation sites excluding steroid dienone is 1. The Morgan fingerprint density at radius 2 is 0.930 bits per heavy atom. The van der Waals surface area contributed by atoms with Crippen molar-refractivity contribution in [1.29, 1.82) is 0 Å². The van der Waals surface area contributed by atoms with Crippen LogP contribution in [0.5, 0.6) is 11.5 Å². The summed E-state index contributed by atoms with van der Waals surface area (Å²) >= 11 is 0. The molecular weight excluding hydrogens is 790 g/mol. The van der Waals surface area contributed by atoms with Crippen LogP contribution < -0.4 is 9.47 Å². The zero-order valence-corrected chi connectivity index (χ0v) is 31.0. The highest BCUT2D eigenvalue weighted by Gasteiger charge is 2.72. The molecule has 1 aliphatic rings. The molecule has 0 heterocycles. The van der Waals surface area contributed by atoms with Crippen LogP contribution in [0.2, 0.25) is 0 Å². The predicted octanol–water partition coefficient (Wildman–Crippen LogP) is 13.1. The number of ether oxygens (including phenoxy) is 2. The molecule has 308 valence electrons. The van der Waals surface area contributed by atoms with Gasteiger partial charge in [-0.15, -0.1) is 0 Å². The average Bonchev–Trinajstić information content (AvgIpc) is 3.93. The fourth-order valence-electron chi connectivity index (χ4n) is 7.49. The largest absolute Gasteiger partial charge is 0.488 e. The van der Waals surface area contributed by atoms with Gasteiger partial charge in [0.1, 0.15) is 22.7 Å². The van der Waals surface area contributed by atoms with Gasteiger partial charge in [-0.3, -0.25) is 0 Å². The van der Waals surface area contributed by atoms with Gasteiger partial charge >= 0.3 is 12.4 Å². The van der Waals surface area contributed by atoms with E-state index in [0.29, 0.717) is 24.3 Å². The summed E-state index contributed by atoms with van der Waals surface area (Å²) < 4.78 is 222. The standard InChI is InChI=1S/C41H34F14O2/c1-7-18-38(20-8-9-20,29-34(48)32(46)28(33(47)35(29)49)27-30(44)25(42)19-26(43)31(27)45)37(5,6)57-24-16-12-22(13-17-24)39(40(50,51)52,41(53,54)55)21-10-14-23(15-11-21)56-36(2,3)4/h7,10-20H,8-9H2,1-6H3/b18-7-. The van der Waals surface area contributed by atoms with Gasteiger partial charge < -0.3 is 9.47 Å². The van der Waals surface area contributed by atoms with E-state index in [2.05, 4.69) is 0 Å². The van der Waals surface area contributed by atoms with Gasteiger partial charge in [-0.25, -0.2) is 35.1 Å². The maximum Gasteiger partial charge on any atom is 0.411 e. The summed E-state index contributed by atoms with van der Waals surface area (Å²) in [6, 6.07) is 5.40. The molecule has 1 fully saturated rings. The van der Waals surface area contributed by atoms with Crippen molar-refractivity contribution in [3.8, 4) is 22.6 Å². The summed E-state index contributed by atoms with van der Waals surface area (Å²) in [5.74, 6) is -19.6. The molecule has 0 saturated heterocycles. The second kappa shape index (κ2) is 14.6.